The number of amides is 2. The predicted molar refractivity (Wildman–Crippen MR) is 81.4 cm³/mol. The normalized spacial score (nSPS) is 15.9. The fourth-order valence-electron chi connectivity index (χ4n) is 2.53. The molecule has 6 heteroatoms. The van der Waals surface area contributed by atoms with Crippen LogP contribution in [-0.4, -0.2) is 48.8 Å². The molecule has 1 aliphatic heterocycles. The predicted octanol–water partition coefficient (Wildman–Crippen LogP) is 2.53. The zero-order valence-corrected chi connectivity index (χ0v) is 13.7. The van der Waals surface area contributed by atoms with Crippen LogP contribution in [0.3, 0.4) is 0 Å². The van der Waals surface area contributed by atoms with Gasteiger partial charge >= 0.3 is 0 Å². The van der Waals surface area contributed by atoms with Gasteiger partial charge in [0, 0.05) is 37.6 Å². The van der Waals surface area contributed by atoms with Crippen molar-refractivity contribution in [2.24, 2.45) is 5.92 Å². The van der Waals surface area contributed by atoms with Crippen molar-refractivity contribution < 1.29 is 14.0 Å². The fraction of sp³-hybridized carbons (Fsp3) is 0.467. The highest BCUT2D eigenvalue weighted by molar-refractivity contribution is 9.10. The van der Waals surface area contributed by atoms with Crippen molar-refractivity contribution in [2.75, 3.05) is 27.2 Å². The average Bonchev–Trinajstić information content (AvgIpc) is 2.48. The molecule has 1 aliphatic rings. The molecule has 0 N–H and O–H groups in total. The van der Waals surface area contributed by atoms with E-state index >= 15 is 0 Å². The van der Waals surface area contributed by atoms with Crippen molar-refractivity contribution in [3.8, 4) is 0 Å². The first-order valence-electron chi connectivity index (χ1n) is 6.85. The van der Waals surface area contributed by atoms with Crippen LogP contribution in [0.15, 0.2) is 22.7 Å². The first-order chi connectivity index (χ1) is 9.90. The van der Waals surface area contributed by atoms with Gasteiger partial charge in [0.2, 0.25) is 5.91 Å². The SMILES string of the molecule is CN(C)C(=O)C1CCN(C(=O)c2cc(Br)ccc2F)CC1. The lowest BCUT2D eigenvalue weighted by atomic mass is 9.95. The molecule has 0 aromatic heterocycles. The molecule has 0 spiro atoms. The van der Waals surface area contributed by atoms with E-state index in [0.717, 1.165) is 0 Å². The molecule has 0 unspecified atom stereocenters. The molecule has 0 atom stereocenters. The molecule has 114 valence electrons. The van der Waals surface area contributed by atoms with Crippen molar-refractivity contribution in [1.82, 2.24) is 9.80 Å². The number of hydrogen-bond donors (Lipinski definition) is 0. The number of carbonyl (C=O) groups is 2. The molecule has 0 bridgehead atoms. The Labute approximate surface area is 132 Å². The summed E-state index contributed by atoms with van der Waals surface area (Å²) in [6.07, 6.45) is 1.25. The Morgan fingerprint density at radius 1 is 1.29 bits per heavy atom. The van der Waals surface area contributed by atoms with Gasteiger partial charge in [-0.1, -0.05) is 15.9 Å². The minimum atomic E-state index is -0.519. The number of hydrogen-bond acceptors (Lipinski definition) is 2. The van der Waals surface area contributed by atoms with Crippen molar-refractivity contribution in [3.05, 3.63) is 34.1 Å². The molecule has 4 nitrogen and oxygen atoms in total. The molecule has 1 heterocycles. The number of halogens is 2. The number of rotatable bonds is 2. The van der Waals surface area contributed by atoms with Crippen LogP contribution in [0.5, 0.6) is 0 Å². The maximum absolute atomic E-state index is 13.8. The van der Waals surface area contributed by atoms with Crippen LogP contribution in [0.1, 0.15) is 23.2 Å². The highest BCUT2D eigenvalue weighted by Crippen LogP contribution is 2.23. The van der Waals surface area contributed by atoms with Crippen LogP contribution in [0, 0.1) is 11.7 Å². The van der Waals surface area contributed by atoms with E-state index in [4.69, 9.17) is 0 Å². The van der Waals surface area contributed by atoms with E-state index in [2.05, 4.69) is 15.9 Å². The smallest absolute Gasteiger partial charge is 0.256 e. The number of likely N-dealkylation sites (tertiary alicyclic amines) is 1. The van der Waals surface area contributed by atoms with E-state index in [1.54, 1.807) is 30.0 Å². The van der Waals surface area contributed by atoms with Crippen molar-refractivity contribution in [1.29, 1.82) is 0 Å². The van der Waals surface area contributed by atoms with Gasteiger partial charge in [-0.2, -0.15) is 0 Å². The maximum Gasteiger partial charge on any atom is 0.256 e. The molecule has 2 amide bonds. The second kappa shape index (κ2) is 6.56. The quantitative estimate of drug-likeness (QED) is 0.816. The molecule has 1 fully saturated rings. The van der Waals surface area contributed by atoms with E-state index in [0.29, 0.717) is 30.4 Å². The van der Waals surface area contributed by atoms with Crippen LogP contribution in [0.2, 0.25) is 0 Å². The van der Waals surface area contributed by atoms with Gasteiger partial charge in [0.1, 0.15) is 5.82 Å². The topological polar surface area (TPSA) is 40.6 Å². The largest absolute Gasteiger partial charge is 0.349 e. The van der Waals surface area contributed by atoms with E-state index in [-0.39, 0.29) is 23.3 Å². The maximum atomic E-state index is 13.8. The number of nitrogens with zero attached hydrogens (tertiary/aromatic N) is 2. The van der Waals surface area contributed by atoms with Crippen molar-refractivity contribution in [2.45, 2.75) is 12.8 Å². The monoisotopic (exact) mass is 356 g/mol. The summed E-state index contributed by atoms with van der Waals surface area (Å²) in [7, 11) is 3.47. The van der Waals surface area contributed by atoms with Gasteiger partial charge in [-0.25, -0.2) is 4.39 Å². The third kappa shape index (κ3) is 3.61. The second-order valence-corrected chi connectivity index (χ2v) is 6.34. The number of carbonyl (C=O) groups excluding carboxylic acids is 2. The van der Waals surface area contributed by atoms with Gasteiger partial charge in [-0.15, -0.1) is 0 Å². The van der Waals surface area contributed by atoms with E-state index in [1.165, 1.54) is 12.1 Å². The van der Waals surface area contributed by atoms with Gasteiger partial charge in [0.15, 0.2) is 0 Å². The van der Waals surface area contributed by atoms with Gasteiger partial charge in [-0.3, -0.25) is 9.59 Å². The Bertz CT molecular complexity index is 555. The molecule has 1 saturated heterocycles. The van der Waals surface area contributed by atoms with Crippen molar-refractivity contribution in [3.63, 3.8) is 0 Å². The standard InChI is InChI=1S/C15H18BrFN2O2/c1-18(2)14(20)10-5-7-19(8-6-10)15(21)12-9-11(16)3-4-13(12)17/h3-4,9-10H,5-8H2,1-2H3. The first kappa shape index (κ1) is 15.9. The zero-order valence-electron chi connectivity index (χ0n) is 12.1. The molecule has 1 aromatic rings. The minimum Gasteiger partial charge on any atom is -0.349 e. The lowest BCUT2D eigenvalue weighted by Crippen LogP contribution is -2.43. The summed E-state index contributed by atoms with van der Waals surface area (Å²) >= 11 is 3.25. The van der Waals surface area contributed by atoms with Crippen LogP contribution >= 0.6 is 15.9 Å². The molecular formula is C15H18BrFN2O2. The number of piperidine rings is 1. The molecule has 0 aliphatic carbocycles. The van der Waals surface area contributed by atoms with Crippen LogP contribution < -0.4 is 0 Å². The summed E-state index contributed by atoms with van der Waals surface area (Å²) in [5.41, 5.74) is 0.0711. The molecular weight excluding hydrogens is 339 g/mol. The summed E-state index contributed by atoms with van der Waals surface area (Å²) in [6.45, 7) is 0.962. The lowest BCUT2D eigenvalue weighted by molar-refractivity contribution is -0.134. The molecule has 0 radical (unpaired) electrons. The van der Waals surface area contributed by atoms with E-state index in [9.17, 15) is 14.0 Å². The van der Waals surface area contributed by atoms with Gasteiger partial charge in [0.25, 0.3) is 5.91 Å². The second-order valence-electron chi connectivity index (χ2n) is 5.42. The first-order valence-corrected chi connectivity index (χ1v) is 7.65. The summed E-state index contributed by atoms with van der Waals surface area (Å²) in [6, 6.07) is 4.34. The van der Waals surface area contributed by atoms with Crippen LogP contribution in [-0.2, 0) is 4.79 Å². The van der Waals surface area contributed by atoms with Gasteiger partial charge in [0.05, 0.1) is 5.56 Å². The Balaban J connectivity index is 2.03. The highest BCUT2D eigenvalue weighted by atomic mass is 79.9. The molecule has 0 saturated carbocycles. The highest BCUT2D eigenvalue weighted by Gasteiger charge is 2.29. The third-order valence-electron chi connectivity index (χ3n) is 3.73. The summed E-state index contributed by atoms with van der Waals surface area (Å²) in [4.78, 5) is 27.4. The molecule has 21 heavy (non-hydrogen) atoms. The van der Waals surface area contributed by atoms with Crippen LogP contribution in [0.4, 0.5) is 4.39 Å². The molecule has 2 rings (SSSR count). The fourth-order valence-corrected chi connectivity index (χ4v) is 2.89. The van der Waals surface area contributed by atoms with Crippen LogP contribution in [0.25, 0.3) is 0 Å². The Morgan fingerprint density at radius 3 is 2.48 bits per heavy atom. The van der Waals surface area contributed by atoms with E-state index in [1.807, 2.05) is 0 Å². The summed E-state index contributed by atoms with van der Waals surface area (Å²) < 4.78 is 14.4. The number of benzene rings is 1. The summed E-state index contributed by atoms with van der Waals surface area (Å²) in [5, 5.41) is 0. The Kier molecular flexibility index (Phi) is 4.98. The van der Waals surface area contributed by atoms with Crippen molar-refractivity contribution >= 4 is 27.7 Å². The van der Waals surface area contributed by atoms with Gasteiger partial charge < -0.3 is 9.80 Å². The third-order valence-corrected chi connectivity index (χ3v) is 4.22. The molecule has 1 aromatic carbocycles. The zero-order chi connectivity index (χ0) is 15.6. The average molecular weight is 357 g/mol. The Morgan fingerprint density at radius 2 is 1.90 bits per heavy atom. The Hall–Kier alpha value is -1.43. The van der Waals surface area contributed by atoms with Gasteiger partial charge in [-0.05, 0) is 31.0 Å². The summed E-state index contributed by atoms with van der Waals surface area (Å²) in [5.74, 6) is -0.786. The van der Waals surface area contributed by atoms with E-state index < -0.39 is 5.82 Å². The minimum absolute atomic E-state index is 0.0450. The lowest BCUT2D eigenvalue weighted by Gasteiger charge is -2.32.